The normalized spacial score (nSPS) is 15.3. The summed E-state index contributed by atoms with van der Waals surface area (Å²) in [4.78, 5) is 11.2. The monoisotopic (exact) mass is 443 g/mol. The first kappa shape index (κ1) is 18.1. The molecule has 3 N–H and O–H groups in total. The molecule has 0 saturated carbocycles. The number of rotatable bonds is 4. The van der Waals surface area contributed by atoms with E-state index in [9.17, 15) is 0 Å². The maximum Gasteiger partial charge on any atom is 0.191 e. The average Bonchev–Trinajstić information content (AvgIpc) is 2.59. The van der Waals surface area contributed by atoms with Gasteiger partial charge >= 0.3 is 0 Å². The van der Waals surface area contributed by atoms with Gasteiger partial charge in [0.2, 0.25) is 0 Å². The number of anilines is 1. The zero-order valence-electron chi connectivity index (χ0n) is 12.9. The molecule has 0 unspecified atom stereocenters. The predicted molar refractivity (Wildman–Crippen MR) is 111 cm³/mol. The fraction of sp³-hybridized carbons (Fsp3) is 0.375. The van der Waals surface area contributed by atoms with E-state index < -0.39 is 0 Å². The summed E-state index contributed by atoms with van der Waals surface area (Å²) in [5.41, 5.74) is 7.03. The number of nitrogens with one attached hydrogen (secondary N) is 1. The second-order valence-electron chi connectivity index (χ2n) is 5.16. The molecule has 7 heteroatoms. The molecule has 3 rings (SSSR count). The average molecular weight is 443 g/mol. The van der Waals surface area contributed by atoms with Crippen molar-refractivity contribution in [2.75, 3.05) is 43.0 Å². The topological polar surface area (TPSA) is 66.5 Å². The number of hydrogen-bond donors (Lipinski definition) is 2. The third kappa shape index (κ3) is 5.13. The molecule has 1 saturated heterocycles. The van der Waals surface area contributed by atoms with Gasteiger partial charge in [0.05, 0.1) is 12.1 Å². The molecular weight excluding hydrogens is 421 g/mol. The standard InChI is InChI=1S/C16H21N5S.HI/c17-16(21-9-11-22-12-10-21)19-8-7-18-15-6-5-13-3-1-2-4-14(13)20-15;/h1-6H,7-12H2,(H2,17,19)(H,18,20);1H. The molecule has 0 atom stereocenters. The Morgan fingerprint density at radius 2 is 2.00 bits per heavy atom. The summed E-state index contributed by atoms with van der Waals surface area (Å²) in [6.07, 6.45) is 0. The van der Waals surface area contributed by atoms with Gasteiger partial charge in [-0.05, 0) is 18.2 Å². The number of thioether (sulfide) groups is 1. The van der Waals surface area contributed by atoms with Crippen LogP contribution in [0.25, 0.3) is 10.9 Å². The van der Waals surface area contributed by atoms with Crippen molar-refractivity contribution in [2.24, 2.45) is 10.7 Å². The molecule has 0 aliphatic carbocycles. The molecule has 1 aromatic carbocycles. The Kier molecular flexibility index (Phi) is 7.22. The zero-order valence-corrected chi connectivity index (χ0v) is 16.1. The van der Waals surface area contributed by atoms with Crippen LogP contribution in [0, 0.1) is 0 Å². The molecule has 1 aliphatic rings. The van der Waals surface area contributed by atoms with Gasteiger partial charge in [-0.15, -0.1) is 24.0 Å². The molecule has 0 radical (unpaired) electrons. The second-order valence-corrected chi connectivity index (χ2v) is 6.38. The fourth-order valence-corrected chi connectivity index (χ4v) is 3.31. The van der Waals surface area contributed by atoms with Crippen LogP contribution in [0.1, 0.15) is 0 Å². The van der Waals surface area contributed by atoms with Crippen LogP contribution in [0.4, 0.5) is 5.82 Å². The Morgan fingerprint density at radius 1 is 1.22 bits per heavy atom. The minimum Gasteiger partial charge on any atom is -0.370 e. The molecule has 0 amide bonds. The number of nitrogens with two attached hydrogens (primary N) is 1. The molecule has 5 nitrogen and oxygen atoms in total. The van der Waals surface area contributed by atoms with Crippen LogP contribution in [0.15, 0.2) is 41.4 Å². The molecule has 124 valence electrons. The van der Waals surface area contributed by atoms with Crippen molar-refractivity contribution in [3.63, 3.8) is 0 Å². The summed E-state index contributed by atoms with van der Waals surface area (Å²) >= 11 is 1.97. The van der Waals surface area contributed by atoms with Gasteiger partial charge in [-0.25, -0.2) is 4.98 Å². The Labute approximate surface area is 158 Å². The van der Waals surface area contributed by atoms with Crippen molar-refractivity contribution in [2.45, 2.75) is 0 Å². The number of fused-ring (bicyclic) bond motifs is 1. The molecule has 23 heavy (non-hydrogen) atoms. The first-order chi connectivity index (χ1) is 10.8. The maximum absolute atomic E-state index is 6.03. The van der Waals surface area contributed by atoms with Gasteiger partial charge in [0, 0.05) is 36.5 Å². The Morgan fingerprint density at radius 3 is 2.83 bits per heavy atom. The molecule has 1 aromatic heterocycles. The quantitative estimate of drug-likeness (QED) is 0.329. The third-order valence-electron chi connectivity index (χ3n) is 3.63. The zero-order chi connectivity index (χ0) is 15.2. The van der Waals surface area contributed by atoms with Crippen LogP contribution in [0.2, 0.25) is 0 Å². The van der Waals surface area contributed by atoms with Crippen molar-refractivity contribution in [3.8, 4) is 0 Å². The first-order valence-corrected chi connectivity index (χ1v) is 8.71. The van der Waals surface area contributed by atoms with Gasteiger partial charge in [0.25, 0.3) is 0 Å². The number of aromatic nitrogens is 1. The van der Waals surface area contributed by atoms with Crippen molar-refractivity contribution in [1.82, 2.24) is 9.88 Å². The highest BCUT2D eigenvalue weighted by molar-refractivity contribution is 14.0. The van der Waals surface area contributed by atoms with Crippen molar-refractivity contribution < 1.29 is 0 Å². The number of para-hydroxylation sites is 1. The number of nitrogens with zero attached hydrogens (tertiary/aromatic N) is 3. The number of halogens is 1. The Balaban J connectivity index is 0.00000192. The molecule has 2 aromatic rings. The smallest absolute Gasteiger partial charge is 0.191 e. The molecule has 1 fully saturated rings. The predicted octanol–water partition coefficient (Wildman–Crippen LogP) is 2.63. The Hall–Kier alpha value is -1.22. The summed E-state index contributed by atoms with van der Waals surface area (Å²) in [6, 6.07) is 12.2. The third-order valence-corrected chi connectivity index (χ3v) is 4.57. The van der Waals surface area contributed by atoms with Gasteiger partial charge in [0.1, 0.15) is 5.82 Å². The van der Waals surface area contributed by atoms with Crippen LogP contribution in [0.5, 0.6) is 0 Å². The number of benzene rings is 1. The van der Waals surface area contributed by atoms with E-state index in [1.54, 1.807) is 0 Å². The summed E-state index contributed by atoms with van der Waals surface area (Å²) in [5.74, 6) is 3.81. The highest BCUT2D eigenvalue weighted by Crippen LogP contribution is 2.14. The van der Waals surface area contributed by atoms with E-state index >= 15 is 0 Å². The van der Waals surface area contributed by atoms with Crippen LogP contribution in [-0.2, 0) is 0 Å². The SMILES string of the molecule is I.NC(=NCCNc1ccc2ccccc2n1)N1CCSCC1. The van der Waals surface area contributed by atoms with Crippen LogP contribution >= 0.6 is 35.7 Å². The maximum atomic E-state index is 6.03. The molecule has 1 aliphatic heterocycles. The Bertz CT molecular complexity index is 658. The van der Waals surface area contributed by atoms with E-state index in [-0.39, 0.29) is 24.0 Å². The number of guanidine groups is 1. The molecular formula is C16H22IN5S. The molecule has 0 bridgehead atoms. The van der Waals surface area contributed by atoms with E-state index in [0.717, 1.165) is 47.9 Å². The van der Waals surface area contributed by atoms with E-state index in [1.165, 1.54) is 0 Å². The lowest BCUT2D eigenvalue weighted by Crippen LogP contribution is -2.42. The minimum atomic E-state index is 0. The summed E-state index contributed by atoms with van der Waals surface area (Å²) < 4.78 is 0. The van der Waals surface area contributed by atoms with Crippen molar-refractivity contribution >= 4 is 58.4 Å². The van der Waals surface area contributed by atoms with Gasteiger partial charge < -0.3 is 16.0 Å². The van der Waals surface area contributed by atoms with Gasteiger partial charge in [-0.2, -0.15) is 11.8 Å². The second kappa shape index (κ2) is 9.17. The summed E-state index contributed by atoms with van der Waals surface area (Å²) in [7, 11) is 0. The van der Waals surface area contributed by atoms with E-state index in [4.69, 9.17) is 5.73 Å². The van der Waals surface area contributed by atoms with E-state index in [2.05, 4.69) is 32.3 Å². The summed E-state index contributed by atoms with van der Waals surface area (Å²) in [6.45, 7) is 3.39. The highest BCUT2D eigenvalue weighted by Gasteiger charge is 2.11. The van der Waals surface area contributed by atoms with E-state index in [0.29, 0.717) is 12.5 Å². The van der Waals surface area contributed by atoms with Crippen LogP contribution < -0.4 is 11.1 Å². The summed E-state index contributed by atoms with van der Waals surface area (Å²) in [5, 5.41) is 4.45. The lowest BCUT2D eigenvalue weighted by atomic mass is 10.2. The lowest BCUT2D eigenvalue weighted by Gasteiger charge is -2.27. The van der Waals surface area contributed by atoms with Gasteiger partial charge in [-0.3, -0.25) is 4.99 Å². The molecule has 0 spiro atoms. The highest BCUT2D eigenvalue weighted by atomic mass is 127. The van der Waals surface area contributed by atoms with Gasteiger partial charge in [0.15, 0.2) is 5.96 Å². The van der Waals surface area contributed by atoms with Crippen molar-refractivity contribution in [1.29, 1.82) is 0 Å². The first-order valence-electron chi connectivity index (χ1n) is 7.55. The van der Waals surface area contributed by atoms with Crippen LogP contribution in [0.3, 0.4) is 0 Å². The number of hydrogen-bond acceptors (Lipinski definition) is 4. The van der Waals surface area contributed by atoms with Crippen LogP contribution in [-0.4, -0.2) is 53.5 Å². The van der Waals surface area contributed by atoms with E-state index in [1.807, 2.05) is 36.0 Å². The van der Waals surface area contributed by atoms with Gasteiger partial charge in [-0.1, -0.05) is 18.2 Å². The molecule has 2 heterocycles. The number of pyridine rings is 1. The fourth-order valence-electron chi connectivity index (χ4n) is 2.41. The lowest BCUT2D eigenvalue weighted by molar-refractivity contribution is 0.456. The number of aliphatic imine (C=N–C) groups is 1. The minimum absolute atomic E-state index is 0. The largest absolute Gasteiger partial charge is 0.370 e. The van der Waals surface area contributed by atoms with Crippen molar-refractivity contribution in [3.05, 3.63) is 36.4 Å².